The normalized spacial score (nSPS) is 16.7. The topological polar surface area (TPSA) is 92.7 Å². The summed E-state index contributed by atoms with van der Waals surface area (Å²) in [5, 5.41) is 0. The van der Waals surface area contributed by atoms with E-state index >= 15 is 0 Å². The van der Waals surface area contributed by atoms with E-state index in [9.17, 15) is 14.0 Å². The van der Waals surface area contributed by atoms with Gasteiger partial charge in [-0.15, -0.1) is 0 Å². The number of hydrogen-bond acceptors (Lipinski definition) is 4. The molecule has 1 aromatic carbocycles. The maximum absolute atomic E-state index is 13.7. The first kappa shape index (κ1) is 15.2. The second-order valence-corrected chi connectivity index (χ2v) is 5.04. The molecule has 1 aliphatic heterocycles. The standard InChI is InChI=1S/C14H19FN4O2/c15-10-3-1-2-4-12(10)18-5-7-19(8-6-18)14(21)11(16)9-13(17)20/h1-4,11H,5-9,16H2,(H2,17,20). The average Bonchev–Trinajstić information content (AvgIpc) is 2.46. The number of anilines is 1. The molecule has 0 spiro atoms. The summed E-state index contributed by atoms with van der Waals surface area (Å²) in [6.07, 6.45) is -0.160. The van der Waals surface area contributed by atoms with Crippen LogP contribution in [0.15, 0.2) is 24.3 Å². The monoisotopic (exact) mass is 294 g/mol. The molecule has 114 valence electrons. The summed E-state index contributed by atoms with van der Waals surface area (Å²) in [6, 6.07) is 5.64. The number of hydrogen-bond donors (Lipinski definition) is 2. The lowest BCUT2D eigenvalue weighted by Crippen LogP contribution is -2.54. The van der Waals surface area contributed by atoms with Gasteiger partial charge in [0.2, 0.25) is 11.8 Å². The predicted octanol–water partition coefficient (Wildman–Crippen LogP) is -0.323. The molecule has 0 bridgehead atoms. The summed E-state index contributed by atoms with van der Waals surface area (Å²) >= 11 is 0. The Morgan fingerprint density at radius 2 is 1.81 bits per heavy atom. The first-order valence-electron chi connectivity index (χ1n) is 6.81. The number of para-hydroxylation sites is 1. The van der Waals surface area contributed by atoms with Crippen molar-refractivity contribution < 1.29 is 14.0 Å². The highest BCUT2D eigenvalue weighted by Crippen LogP contribution is 2.20. The maximum atomic E-state index is 13.7. The van der Waals surface area contributed by atoms with E-state index in [1.165, 1.54) is 6.07 Å². The Kier molecular flexibility index (Phi) is 4.74. The molecule has 1 atom stereocenters. The number of piperazine rings is 1. The highest BCUT2D eigenvalue weighted by Gasteiger charge is 2.26. The van der Waals surface area contributed by atoms with E-state index in [1.807, 2.05) is 4.90 Å². The Balaban J connectivity index is 1.93. The van der Waals surface area contributed by atoms with E-state index < -0.39 is 11.9 Å². The summed E-state index contributed by atoms with van der Waals surface area (Å²) in [5.41, 5.74) is 11.2. The van der Waals surface area contributed by atoms with E-state index in [1.54, 1.807) is 23.1 Å². The van der Waals surface area contributed by atoms with E-state index in [2.05, 4.69) is 0 Å². The highest BCUT2D eigenvalue weighted by molar-refractivity contribution is 5.87. The molecule has 1 aromatic rings. The zero-order valence-electron chi connectivity index (χ0n) is 11.7. The molecule has 21 heavy (non-hydrogen) atoms. The number of carbonyl (C=O) groups is 2. The van der Waals surface area contributed by atoms with Crippen molar-refractivity contribution in [2.24, 2.45) is 11.5 Å². The van der Waals surface area contributed by atoms with Crippen LogP contribution in [0, 0.1) is 5.82 Å². The molecule has 0 aromatic heterocycles. The number of amides is 2. The van der Waals surface area contributed by atoms with Crippen molar-refractivity contribution in [3.63, 3.8) is 0 Å². The second kappa shape index (κ2) is 6.53. The van der Waals surface area contributed by atoms with Gasteiger partial charge in [-0.25, -0.2) is 4.39 Å². The Hall–Kier alpha value is -2.15. The zero-order chi connectivity index (χ0) is 15.4. The molecule has 2 amide bonds. The lowest BCUT2D eigenvalue weighted by molar-refractivity contribution is -0.134. The fraction of sp³-hybridized carbons (Fsp3) is 0.429. The van der Waals surface area contributed by atoms with E-state index in [0.29, 0.717) is 31.9 Å². The average molecular weight is 294 g/mol. The van der Waals surface area contributed by atoms with Crippen LogP contribution in [-0.2, 0) is 9.59 Å². The number of benzene rings is 1. The van der Waals surface area contributed by atoms with Gasteiger partial charge in [0.1, 0.15) is 5.82 Å². The van der Waals surface area contributed by atoms with Crippen LogP contribution < -0.4 is 16.4 Å². The minimum absolute atomic E-state index is 0.160. The van der Waals surface area contributed by atoms with Crippen molar-refractivity contribution in [2.75, 3.05) is 31.1 Å². The maximum Gasteiger partial charge on any atom is 0.240 e. The van der Waals surface area contributed by atoms with Crippen molar-refractivity contribution in [3.8, 4) is 0 Å². The van der Waals surface area contributed by atoms with E-state index in [-0.39, 0.29) is 18.1 Å². The van der Waals surface area contributed by atoms with Gasteiger partial charge in [-0.3, -0.25) is 9.59 Å². The second-order valence-electron chi connectivity index (χ2n) is 5.04. The Labute approximate surface area is 122 Å². The fourth-order valence-corrected chi connectivity index (χ4v) is 2.41. The molecular formula is C14H19FN4O2. The van der Waals surface area contributed by atoms with Crippen LogP contribution in [0.1, 0.15) is 6.42 Å². The predicted molar refractivity (Wildman–Crippen MR) is 77.0 cm³/mol. The van der Waals surface area contributed by atoms with Crippen molar-refractivity contribution in [1.82, 2.24) is 4.90 Å². The van der Waals surface area contributed by atoms with Crippen LogP contribution in [0.5, 0.6) is 0 Å². The summed E-state index contributed by atoms with van der Waals surface area (Å²) in [4.78, 5) is 26.3. The molecule has 1 saturated heterocycles. The van der Waals surface area contributed by atoms with Crippen LogP contribution in [0.3, 0.4) is 0 Å². The van der Waals surface area contributed by atoms with Gasteiger partial charge in [0.05, 0.1) is 18.2 Å². The van der Waals surface area contributed by atoms with Crippen molar-refractivity contribution in [1.29, 1.82) is 0 Å². The van der Waals surface area contributed by atoms with Crippen LogP contribution >= 0.6 is 0 Å². The van der Waals surface area contributed by atoms with Crippen LogP contribution in [-0.4, -0.2) is 48.9 Å². The molecule has 6 nitrogen and oxygen atoms in total. The summed E-state index contributed by atoms with van der Waals surface area (Å²) < 4.78 is 13.7. The van der Waals surface area contributed by atoms with Gasteiger partial charge in [-0.1, -0.05) is 12.1 Å². The van der Waals surface area contributed by atoms with Gasteiger partial charge >= 0.3 is 0 Å². The lowest BCUT2D eigenvalue weighted by atomic mass is 10.1. The van der Waals surface area contributed by atoms with Crippen LogP contribution in [0.2, 0.25) is 0 Å². The molecular weight excluding hydrogens is 275 g/mol. The van der Waals surface area contributed by atoms with Crippen molar-refractivity contribution >= 4 is 17.5 Å². The molecule has 1 fully saturated rings. The van der Waals surface area contributed by atoms with E-state index in [0.717, 1.165) is 0 Å². The van der Waals surface area contributed by atoms with E-state index in [4.69, 9.17) is 11.5 Å². The molecule has 2 rings (SSSR count). The number of rotatable bonds is 4. The third-order valence-corrected chi connectivity index (χ3v) is 3.52. The molecule has 0 aliphatic carbocycles. The highest BCUT2D eigenvalue weighted by atomic mass is 19.1. The third-order valence-electron chi connectivity index (χ3n) is 3.52. The SMILES string of the molecule is NC(=O)CC(N)C(=O)N1CCN(c2ccccc2F)CC1. The minimum atomic E-state index is -0.900. The van der Waals surface area contributed by atoms with Gasteiger partial charge in [-0.2, -0.15) is 0 Å². The molecule has 1 heterocycles. The molecule has 1 aliphatic rings. The number of carbonyl (C=O) groups excluding carboxylic acids is 2. The van der Waals surface area contributed by atoms with Gasteiger partial charge < -0.3 is 21.3 Å². The first-order chi connectivity index (χ1) is 9.99. The Bertz CT molecular complexity index is 529. The molecule has 0 saturated carbocycles. The lowest BCUT2D eigenvalue weighted by Gasteiger charge is -2.37. The number of nitrogens with two attached hydrogens (primary N) is 2. The Morgan fingerprint density at radius 1 is 1.19 bits per heavy atom. The van der Waals surface area contributed by atoms with Crippen molar-refractivity contribution in [2.45, 2.75) is 12.5 Å². The number of primary amides is 1. The minimum Gasteiger partial charge on any atom is -0.370 e. The van der Waals surface area contributed by atoms with Crippen LogP contribution in [0.4, 0.5) is 10.1 Å². The van der Waals surface area contributed by atoms with Crippen LogP contribution in [0.25, 0.3) is 0 Å². The van der Waals surface area contributed by atoms with Crippen molar-refractivity contribution in [3.05, 3.63) is 30.1 Å². The van der Waals surface area contributed by atoms with Gasteiger partial charge in [0.15, 0.2) is 0 Å². The smallest absolute Gasteiger partial charge is 0.240 e. The molecule has 0 radical (unpaired) electrons. The summed E-state index contributed by atoms with van der Waals surface area (Å²) in [6.45, 7) is 1.94. The molecule has 1 unspecified atom stereocenters. The fourth-order valence-electron chi connectivity index (χ4n) is 2.41. The van der Waals surface area contributed by atoms with Gasteiger partial charge in [0, 0.05) is 26.2 Å². The molecule has 7 heteroatoms. The first-order valence-corrected chi connectivity index (χ1v) is 6.81. The third kappa shape index (κ3) is 3.69. The largest absolute Gasteiger partial charge is 0.370 e. The number of halogens is 1. The summed E-state index contributed by atoms with van der Waals surface area (Å²) in [7, 11) is 0. The quantitative estimate of drug-likeness (QED) is 0.796. The van der Waals surface area contributed by atoms with Gasteiger partial charge in [0.25, 0.3) is 0 Å². The Morgan fingerprint density at radius 3 is 2.38 bits per heavy atom. The number of nitrogens with zero attached hydrogens (tertiary/aromatic N) is 2. The zero-order valence-corrected chi connectivity index (χ0v) is 11.7. The molecule has 4 N–H and O–H groups in total. The van der Waals surface area contributed by atoms with Gasteiger partial charge in [-0.05, 0) is 12.1 Å². The summed E-state index contributed by atoms with van der Waals surface area (Å²) in [5.74, 6) is -1.16.